The number of benzene rings is 1. The maximum Gasteiger partial charge on any atom is 0.321 e. The van der Waals surface area contributed by atoms with Gasteiger partial charge in [0.1, 0.15) is 0 Å². The van der Waals surface area contributed by atoms with Crippen molar-refractivity contribution < 1.29 is 4.79 Å². The van der Waals surface area contributed by atoms with Crippen LogP contribution in [0.1, 0.15) is 0 Å². The number of nitrogens with zero attached hydrogens (tertiary/aromatic N) is 1. The summed E-state index contributed by atoms with van der Waals surface area (Å²) >= 11 is 11.5. The predicted molar refractivity (Wildman–Crippen MR) is 57.1 cm³/mol. The first-order chi connectivity index (χ1) is 6.66. The molecular weight excluding hydrogens is 223 g/mol. The molecular formula is C9H8Cl2N2O. The van der Waals surface area contributed by atoms with Crippen molar-refractivity contribution in [2.75, 3.05) is 18.4 Å². The van der Waals surface area contributed by atoms with Gasteiger partial charge < -0.3 is 10.2 Å². The lowest BCUT2D eigenvalue weighted by molar-refractivity contribution is 0.242. The number of amides is 2. The van der Waals surface area contributed by atoms with Crippen LogP contribution in [0.2, 0.25) is 10.0 Å². The normalized spacial score (nSPS) is 14.0. The molecule has 3 nitrogen and oxygen atoms in total. The molecule has 0 saturated carbocycles. The summed E-state index contributed by atoms with van der Waals surface area (Å²) in [5.74, 6) is 0. The molecule has 1 fully saturated rings. The van der Waals surface area contributed by atoms with Crippen LogP contribution in [0.25, 0.3) is 0 Å². The van der Waals surface area contributed by atoms with E-state index in [4.69, 9.17) is 23.2 Å². The zero-order valence-corrected chi connectivity index (χ0v) is 8.77. The number of anilines is 1. The average molecular weight is 231 g/mol. The molecule has 0 radical (unpaired) electrons. The lowest BCUT2D eigenvalue weighted by Crippen LogP contribution is -2.18. The number of rotatable bonds is 1. The fourth-order valence-electron chi connectivity index (χ4n) is 1.03. The van der Waals surface area contributed by atoms with Gasteiger partial charge in [-0.25, -0.2) is 4.79 Å². The Morgan fingerprint density at radius 1 is 1.29 bits per heavy atom. The van der Waals surface area contributed by atoms with Crippen LogP contribution in [-0.2, 0) is 0 Å². The third-order valence-corrected chi connectivity index (χ3v) is 2.64. The van der Waals surface area contributed by atoms with Crippen LogP contribution in [0.5, 0.6) is 0 Å². The number of urea groups is 1. The zero-order chi connectivity index (χ0) is 10.1. The molecule has 0 atom stereocenters. The van der Waals surface area contributed by atoms with E-state index in [1.165, 1.54) is 0 Å². The SMILES string of the molecule is O=C(Nc1ccc(Cl)c(Cl)c1)N1CC1. The highest BCUT2D eigenvalue weighted by molar-refractivity contribution is 6.42. The molecule has 1 heterocycles. The van der Waals surface area contributed by atoms with Gasteiger partial charge in [-0.3, -0.25) is 0 Å². The monoisotopic (exact) mass is 230 g/mol. The van der Waals surface area contributed by atoms with Gasteiger partial charge in [0.05, 0.1) is 10.0 Å². The second kappa shape index (κ2) is 3.67. The van der Waals surface area contributed by atoms with Gasteiger partial charge in [0.25, 0.3) is 0 Å². The van der Waals surface area contributed by atoms with Gasteiger partial charge >= 0.3 is 6.03 Å². The topological polar surface area (TPSA) is 32.1 Å². The molecule has 0 unspecified atom stereocenters. The van der Waals surface area contributed by atoms with Crippen molar-refractivity contribution in [1.29, 1.82) is 0 Å². The third-order valence-electron chi connectivity index (χ3n) is 1.91. The number of carbonyl (C=O) groups excluding carboxylic acids is 1. The highest BCUT2D eigenvalue weighted by Gasteiger charge is 2.23. The molecule has 5 heteroatoms. The molecule has 1 aromatic rings. The summed E-state index contributed by atoms with van der Waals surface area (Å²) in [6, 6.07) is 4.91. The van der Waals surface area contributed by atoms with Crippen molar-refractivity contribution >= 4 is 34.9 Å². The summed E-state index contributed by atoms with van der Waals surface area (Å²) in [5.41, 5.74) is 0.663. The average Bonchev–Trinajstić information content (AvgIpc) is 2.94. The first-order valence-electron chi connectivity index (χ1n) is 4.18. The number of halogens is 2. The minimum absolute atomic E-state index is 0.0941. The Hall–Kier alpha value is -0.930. The van der Waals surface area contributed by atoms with Gasteiger partial charge in [-0.05, 0) is 18.2 Å². The summed E-state index contributed by atoms with van der Waals surface area (Å²) in [4.78, 5) is 13.0. The van der Waals surface area contributed by atoms with E-state index in [-0.39, 0.29) is 6.03 Å². The van der Waals surface area contributed by atoms with Crippen LogP contribution >= 0.6 is 23.2 Å². The van der Waals surface area contributed by atoms with Gasteiger partial charge in [0.2, 0.25) is 0 Å². The maximum atomic E-state index is 11.3. The third kappa shape index (κ3) is 2.11. The summed E-state index contributed by atoms with van der Waals surface area (Å²) in [7, 11) is 0. The fourth-order valence-corrected chi connectivity index (χ4v) is 1.33. The molecule has 2 rings (SSSR count). The van der Waals surface area contributed by atoms with Crippen molar-refractivity contribution in [3.8, 4) is 0 Å². The van der Waals surface area contributed by atoms with Gasteiger partial charge in [-0.15, -0.1) is 0 Å². The van der Waals surface area contributed by atoms with Crippen LogP contribution in [-0.4, -0.2) is 24.0 Å². The summed E-state index contributed by atoms with van der Waals surface area (Å²) in [5, 5.41) is 3.64. The first-order valence-corrected chi connectivity index (χ1v) is 4.93. The van der Waals surface area contributed by atoms with Crippen molar-refractivity contribution in [3.05, 3.63) is 28.2 Å². The van der Waals surface area contributed by atoms with E-state index in [0.29, 0.717) is 15.7 Å². The summed E-state index contributed by atoms with van der Waals surface area (Å²) in [6.07, 6.45) is 0. The van der Waals surface area contributed by atoms with Crippen molar-refractivity contribution in [2.45, 2.75) is 0 Å². The maximum absolute atomic E-state index is 11.3. The van der Waals surface area contributed by atoms with Gasteiger partial charge in [-0.1, -0.05) is 23.2 Å². The summed E-state index contributed by atoms with van der Waals surface area (Å²) < 4.78 is 0. The molecule has 0 aromatic heterocycles. The Labute approximate surface area is 91.6 Å². The Morgan fingerprint density at radius 2 is 2.00 bits per heavy atom. The molecule has 0 bridgehead atoms. The van der Waals surface area contributed by atoms with Crippen molar-refractivity contribution in [3.63, 3.8) is 0 Å². The van der Waals surface area contributed by atoms with E-state index >= 15 is 0 Å². The van der Waals surface area contributed by atoms with Crippen molar-refractivity contribution in [2.24, 2.45) is 0 Å². The molecule has 1 N–H and O–H groups in total. The van der Waals surface area contributed by atoms with E-state index < -0.39 is 0 Å². The number of nitrogens with one attached hydrogen (secondary N) is 1. The van der Waals surface area contributed by atoms with Gasteiger partial charge in [-0.2, -0.15) is 0 Å². The lowest BCUT2D eigenvalue weighted by Gasteiger charge is -2.06. The second-order valence-electron chi connectivity index (χ2n) is 3.05. The number of hydrogen-bond acceptors (Lipinski definition) is 1. The molecule has 1 aliphatic heterocycles. The van der Waals surface area contributed by atoms with Gasteiger partial charge in [0.15, 0.2) is 0 Å². The molecule has 2 amide bonds. The highest BCUT2D eigenvalue weighted by atomic mass is 35.5. The lowest BCUT2D eigenvalue weighted by atomic mass is 10.3. The zero-order valence-electron chi connectivity index (χ0n) is 7.26. The predicted octanol–water partition coefficient (Wildman–Crippen LogP) is 2.84. The largest absolute Gasteiger partial charge is 0.321 e. The van der Waals surface area contributed by atoms with E-state index in [0.717, 1.165) is 13.1 Å². The van der Waals surface area contributed by atoms with E-state index in [1.54, 1.807) is 23.1 Å². The molecule has 1 aliphatic rings. The molecule has 0 spiro atoms. The quantitative estimate of drug-likeness (QED) is 0.740. The molecule has 1 saturated heterocycles. The van der Waals surface area contributed by atoms with Crippen LogP contribution < -0.4 is 5.32 Å². The standard InChI is InChI=1S/C9H8Cl2N2O/c10-7-2-1-6(5-8(7)11)12-9(14)13-3-4-13/h1-2,5H,3-4H2,(H,12,14). The minimum atomic E-state index is -0.0941. The van der Waals surface area contributed by atoms with Crippen LogP contribution in [0, 0.1) is 0 Å². The Bertz CT molecular complexity index is 377. The van der Waals surface area contributed by atoms with E-state index in [1.807, 2.05) is 0 Å². The van der Waals surface area contributed by atoms with Crippen molar-refractivity contribution in [1.82, 2.24) is 4.90 Å². The van der Waals surface area contributed by atoms with Crippen LogP contribution in [0.15, 0.2) is 18.2 Å². The molecule has 1 aromatic carbocycles. The van der Waals surface area contributed by atoms with Crippen LogP contribution in [0.3, 0.4) is 0 Å². The van der Waals surface area contributed by atoms with Crippen LogP contribution in [0.4, 0.5) is 10.5 Å². The Morgan fingerprint density at radius 3 is 2.57 bits per heavy atom. The Kier molecular flexibility index (Phi) is 2.52. The van der Waals surface area contributed by atoms with Gasteiger partial charge in [0, 0.05) is 18.8 Å². The number of hydrogen-bond donors (Lipinski definition) is 1. The van der Waals surface area contributed by atoms with E-state index in [2.05, 4.69) is 5.32 Å². The molecule has 74 valence electrons. The summed E-state index contributed by atoms with van der Waals surface area (Å²) in [6.45, 7) is 1.65. The fraction of sp³-hybridized carbons (Fsp3) is 0.222. The van der Waals surface area contributed by atoms with E-state index in [9.17, 15) is 4.79 Å². The highest BCUT2D eigenvalue weighted by Crippen LogP contribution is 2.25. The molecule has 0 aliphatic carbocycles. The second-order valence-corrected chi connectivity index (χ2v) is 3.86. The Balaban J connectivity index is 2.08. The first kappa shape index (κ1) is 9.62. The minimum Gasteiger partial charge on any atom is -0.321 e. The number of carbonyl (C=O) groups is 1. The molecule has 14 heavy (non-hydrogen) atoms. The smallest absolute Gasteiger partial charge is 0.321 e.